The number of methoxy groups -OCH3 is 1. The Balaban J connectivity index is 2.55. The van der Waals surface area contributed by atoms with Crippen molar-refractivity contribution in [2.45, 2.75) is 20.3 Å². The van der Waals surface area contributed by atoms with Gasteiger partial charge in [0.25, 0.3) is 0 Å². The summed E-state index contributed by atoms with van der Waals surface area (Å²) in [6, 6.07) is 0. The molecule has 0 saturated heterocycles. The Morgan fingerprint density at radius 1 is 1.69 bits per heavy atom. The number of rotatable bonds is 3. The molecule has 4 heteroatoms. The summed E-state index contributed by atoms with van der Waals surface area (Å²) < 4.78 is 4.70. The summed E-state index contributed by atoms with van der Waals surface area (Å²) >= 11 is 0. The molecule has 0 aromatic heterocycles. The van der Waals surface area contributed by atoms with Gasteiger partial charge in [0.15, 0.2) is 0 Å². The van der Waals surface area contributed by atoms with E-state index >= 15 is 0 Å². The van der Waals surface area contributed by atoms with E-state index in [2.05, 4.69) is 10.3 Å². The molecule has 0 unspecified atom stereocenters. The highest BCUT2D eigenvalue weighted by Crippen LogP contribution is 2.22. The van der Waals surface area contributed by atoms with Crippen molar-refractivity contribution in [3.63, 3.8) is 0 Å². The van der Waals surface area contributed by atoms with Crippen LogP contribution < -0.4 is 5.32 Å². The third-order valence-corrected chi connectivity index (χ3v) is 2.09. The van der Waals surface area contributed by atoms with Crippen LogP contribution in [0.1, 0.15) is 20.3 Å². The number of nitrogens with zero attached hydrogens (tertiary/aromatic N) is 1. The Morgan fingerprint density at radius 3 is 2.85 bits per heavy atom. The first-order chi connectivity index (χ1) is 6.06. The lowest BCUT2D eigenvalue weighted by Crippen LogP contribution is -2.32. The lowest BCUT2D eigenvalue weighted by Gasteiger charge is -2.21. The molecular formula is C9H16N2O2. The van der Waals surface area contributed by atoms with Gasteiger partial charge in [0.05, 0.1) is 24.9 Å². The van der Waals surface area contributed by atoms with Crippen LogP contribution in [0, 0.1) is 5.41 Å². The second kappa shape index (κ2) is 3.77. The van der Waals surface area contributed by atoms with Crippen molar-refractivity contribution in [1.82, 2.24) is 5.32 Å². The molecule has 0 aromatic carbocycles. The minimum atomic E-state index is -0.481. The molecule has 0 bridgehead atoms. The van der Waals surface area contributed by atoms with Crippen molar-refractivity contribution in [2.24, 2.45) is 10.4 Å². The molecule has 0 aliphatic carbocycles. The summed E-state index contributed by atoms with van der Waals surface area (Å²) in [5.74, 6) is 0.722. The van der Waals surface area contributed by atoms with E-state index < -0.39 is 5.41 Å². The summed E-state index contributed by atoms with van der Waals surface area (Å²) in [6.07, 6.45) is 0.625. The van der Waals surface area contributed by atoms with Crippen LogP contribution in [-0.4, -0.2) is 32.0 Å². The standard InChI is InChI=1S/C9H16N2O2/c1-9(2,8(12)13-3)6-7-10-4-5-11-7/h4-6H2,1-3H3,(H,10,11). The molecule has 13 heavy (non-hydrogen) atoms. The molecule has 1 aliphatic rings. The maximum Gasteiger partial charge on any atom is 0.311 e. The largest absolute Gasteiger partial charge is 0.469 e. The summed E-state index contributed by atoms with van der Waals surface area (Å²) in [5, 5.41) is 3.13. The van der Waals surface area contributed by atoms with Crippen LogP contribution in [0.2, 0.25) is 0 Å². The molecule has 0 spiro atoms. The van der Waals surface area contributed by atoms with Gasteiger partial charge in [-0.3, -0.25) is 9.79 Å². The Morgan fingerprint density at radius 2 is 2.38 bits per heavy atom. The molecule has 0 saturated carbocycles. The predicted octanol–water partition coefficient (Wildman–Crippen LogP) is 0.577. The van der Waals surface area contributed by atoms with Gasteiger partial charge in [-0.25, -0.2) is 0 Å². The quantitative estimate of drug-likeness (QED) is 0.653. The topological polar surface area (TPSA) is 50.7 Å². The Kier molecular flexibility index (Phi) is 2.90. The van der Waals surface area contributed by atoms with Crippen LogP contribution in [-0.2, 0) is 9.53 Å². The predicted molar refractivity (Wildman–Crippen MR) is 50.7 cm³/mol. The Hall–Kier alpha value is -1.06. The van der Waals surface area contributed by atoms with E-state index in [1.807, 2.05) is 13.8 Å². The zero-order chi connectivity index (χ0) is 9.90. The number of esters is 1. The summed E-state index contributed by atoms with van der Waals surface area (Å²) in [6.45, 7) is 5.42. The van der Waals surface area contributed by atoms with Gasteiger partial charge in [0.2, 0.25) is 0 Å². The van der Waals surface area contributed by atoms with Crippen LogP contribution in [0.3, 0.4) is 0 Å². The molecule has 74 valence electrons. The molecule has 0 atom stereocenters. The van der Waals surface area contributed by atoms with Gasteiger partial charge in [-0.2, -0.15) is 0 Å². The average molecular weight is 184 g/mol. The van der Waals surface area contributed by atoms with Gasteiger partial charge >= 0.3 is 5.97 Å². The number of ether oxygens (including phenoxy) is 1. The second-order valence-electron chi connectivity index (χ2n) is 3.81. The van der Waals surface area contributed by atoms with Crippen molar-refractivity contribution >= 4 is 11.8 Å². The first-order valence-corrected chi connectivity index (χ1v) is 4.42. The highest BCUT2D eigenvalue weighted by Gasteiger charge is 2.30. The maximum atomic E-state index is 11.3. The van der Waals surface area contributed by atoms with E-state index in [1.165, 1.54) is 7.11 Å². The highest BCUT2D eigenvalue weighted by atomic mass is 16.5. The third-order valence-electron chi connectivity index (χ3n) is 2.09. The number of carbonyl (C=O) groups excluding carboxylic acids is 1. The van der Waals surface area contributed by atoms with Crippen molar-refractivity contribution in [2.75, 3.05) is 20.2 Å². The van der Waals surface area contributed by atoms with E-state index in [-0.39, 0.29) is 5.97 Å². The van der Waals surface area contributed by atoms with E-state index in [0.29, 0.717) is 6.42 Å². The van der Waals surface area contributed by atoms with Gasteiger partial charge in [-0.05, 0) is 13.8 Å². The van der Waals surface area contributed by atoms with Crippen LogP contribution in [0.5, 0.6) is 0 Å². The highest BCUT2D eigenvalue weighted by molar-refractivity contribution is 5.89. The summed E-state index contributed by atoms with van der Waals surface area (Å²) in [4.78, 5) is 15.6. The van der Waals surface area contributed by atoms with Gasteiger partial charge < -0.3 is 10.1 Å². The molecule has 1 rings (SSSR count). The summed E-state index contributed by atoms with van der Waals surface area (Å²) in [5.41, 5.74) is -0.481. The van der Waals surface area contributed by atoms with E-state index in [9.17, 15) is 4.79 Å². The maximum absolute atomic E-state index is 11.3. The lowest BCUT2D eigenvalue weighted by molar-refractivity contribution is -0.150. The minimum absolute atomic E-state index is 0.191. The van der Waals surface area contributed by atoms with Crippen LogP contribution in [0.4, 0.5) is 0 Å². The van der Waals surface area contributed by atoms with Crippen molar-refractivity contribution in [3.05, 3.63) is 0 Å². The first kappa shape index (κ1) is 10.0. The SMILES string of the molecule is COC(=O)C(C)(C)CC1=NCCN1. The molecular weight excluding hydrogens is 168 g/mol. The molecule has 0 aromatic rings. The van der Waals surface area contributed by atoms with Gasteiger partial charge in [-0.1, -0.05) is 0 Å². The van der Waals surface area contributed by atoms with Gasteiger partial charge in [0, 0.05) is 13.0 Å². The molecule has 0 radical (unpaired) electrons. The van der Waals surface area contributed by atoms with Gasteiger partial charge in [-0.15, -0.1) is 0 Å². The lowest BCUT2D eigenvalue weighted by atomic mass is 9.89. The fourth-order valence-corrected chi connectivity index (χ4v) is 1.33. The zero-order valence-electron chi connectivity index (χ0n) is 8.39. The van der Waals surface area contributed by atoms with E-state index in [0.717, 1.165) is 18.9 Å². The van der Waals surface area contributed by atoms with Crippen molar-refractivity contribution < 1.29 is 9.53 Å². The number of carbonyl (C=O) groups is 1. The van der Waals surface area contributed by atoms with Crippen molar-refractivity contribution in [1.29, 1.82) is 0 Å². The summed E-state index contributed by atoms with van der Waals surface area (Å²) in [7, 11) is 1.41. The van der Waals surface area contributed by atoms with E-state index in [1.54, 1.807) is 0 Å². The van der Waals surface area contributed by atoms with Crippen molar-refractivity contribution in [3.8, 4) is 0 Å². The fourth-order valence-electron chi connectivity index (χ4n) is 1.33. The Bertz CT molecular complexity index is 234. The first-order valence-electron chi connectivity index (χ1n) is 4.42. The molecule has 4 nitrogen and oxygen atoms in total. The normalized spacial score (nSPS) is 16.4. The van der Waals surface area contributed by atoms with Gasteiger partial charge in [0.1, 0.15) is 0 Å². The number of aliphatic imine (C=N–C) groups is 1. The average Bonchev–Trinajstić information content (AvgIpc) is 2.54. The Labute approximate surface area is 78.4 Å². The molecule has 0 amide bonds. The van der Waals surface area contributed by atoms with Crippen LogP contribution >= 0.6 is 0 Å². The minimum Gasteiger partial charge on any atom is -0.469 e. The number of hydrogen-bond acceptors (Lipinski definition) is 4. The zero-order valence-corrected chi connectivity index (χ0v) is 8.39. The fraction of sp³-hybridized carbons (Fsp3) is 0.778. The number of nitrogens with one attached hydrogen (secondary N) is 1. The number of amidine groups is 1. The van der Waals surface area contributed by atoms with Crippen LogP contribution in [0.15, 0.2) is 4.99 Å². The number of hydrogen-bond donors (Lipinski definition) is 1. The molecule has 0 fully saturated rings. The molecule has 1 heterocycles. The second-order valence-corrected chi connectivity index (χ2v) is 3.81. The van der Waals surface area contributed by atoms with Crippen LogP contribution in [0.25, 0.3) is 0 Å². The monoisotopic (exact) mass is 184 g/mol. The third kappa shape index (κ3) is 2.44. The molecule has 1 N–H and O–H groups in total. The smallest absolute Gasteiger partial charge is 0.311 e. The molecule has 1 aliphatic heterocycles. The van der Waals surface area contributed by atoms with E-state index in [4.69, 9.17) is 4.74 Å².